The van der Waals surface area contributed by atoms with Crippen LogP contribution >= 0.6 is 0 Å². The molecular weight excluding hydrogens is 474 g/mol. The summed E-state index contributed by atoms with van der Waals surface area (Å²) in [6.45, 7) is 7.15. The quantitative estimate of drug-likeness (QED) is 0.515. The van der Waals surface area contributed by atoms with Crippen molar-refractivity contribution in [2.45, 2.75) is 52.5 Å². The van der Waals surface area contributed by atoms with Gasteiger partial charge in [0.15, 0.2) is 5.65 Å². The number of nitrogens with zero attached hydrogens (tertiary/aromatic N) is 5. The SMILES string of the molecule is Cc1cc2ncc3c(n2n1)CCCN3c1ccc([C@@H](C(C)C)N(C)C(=O)C2CCS(=O)(=O)CC2)cc1. The summed E-state index contributed by atoms with van der Waals surface area (Å²) >= 11 is 0. The number of carbonyl (C=O) groups is 1. The van der Waals surface area contributed by atoms with Crippen LogP contribution in [0.1, 0.15) is 56.1 Å². The fourth-order valence-corrected chi connectivity index (χ4v) is 7.30. The van der Waals surface area contributed by atoms with Gasteiger partial charge in [0.2, 0.25) is 5.91 Å². The number of anilines is 2. The Kier molecular flexibility index (Phi) is 6.53. The summed E-state index contributed by atoms with van der Waals surface area (Å²) in [7, 11) is -1.14. The van der Waals surface area contributed by atoms with E-state index in [0.29, 0.717) is 12.8 Å². The molecule has 2 aliphatic rings. The Morgan fingerprint density at radius 3 is 2.50 bits per heavy atom. The molecule has 3 aromatic rings. The van der Waals surface area contributed by atoms with Crippen LogP contribution in [0, 0.1) is 18.8 Å². The second kappa shape index (κ2) is 9.50. The molecule has 192 valence electrons. The van der Waals surface area contributed by atoms with Crippen LogP contribution < -0.4 is 4.90 Å². The summed E-state index contributed by atoms with van der Waals surface area (Å²) in [6.07, 6.45) is 4.79. The van der Waals surface area contributed by atoms with Crippen molar-refractivity contribution in [2.24, 2.45) is 11.8 Å². The number of sulfone groups is 1. The van der Waals surface area contributed by atoms with E-state index in [4.69, 9.17) is 0 Å². The third-order valence-electron chi connectivity index (χ3n) is 7.62. The maximum Gasteiger partial charge on any atom is 0.226 e. The van der Waals surface area contributed by atoms with Gasteiger partial charge in [-0.05, 0) is 56.2 Å². The first-order chi connectivity index (χ1) is 17.1. The lowest BCUT2D eigenvalue weighted by Gasteiger charge is -2.36. The van der Waals surface area contributed by atoms with Crippen molar-refractivity contribution in [1.82, 2.24) is 19.5 Å². The monoisotopic (exact) mass is 509 g/mol. The second-order valence-electron chi connectivity index (χ2n) is 10.6. The third kappa shape index (κ3) is 4.61. The van der Waals surface area contributed by atoms with Crippen LogP contribution in [-0.2, 0) is 21.1 Å². The molecule has 2 aromatic heterocycles. The van der Waals surface area contributed by atoms with E-state index >= 15 is 0 Å². The van der Waals surface area contributed by atoms with E-state index in [-0.39, 0.29) is 35.3 Å². The summed E-state index contributed by atoms with van der Waals surface area (Å²) in [5.74, 6) is 0.249. The zero-order valence-corrected chi connectivity index (χ0v) is 22.3. The van der Waals surface area contributed by atoms with E-state index in [2.05, 4.69) is 53.1 Å². The number of aromatic nitrogens is 3. The number of hydrogen-bond acceptors (Lipinski definition) is 6. The number of aryl methyl sites for hydroxylation is 2. The van der Waals surface area contributed by atoms with E-state index in [1.807, 2.05) is 35.6 Å². The molecule has 1 aromatic carbocycles. The minimum absolute atomic E-state index is 0.0437. The predicted octanol–water partition coefficient (Wildman–Crippen LogP) is 4.10. The third-order valence-corrected chi connectivity index (χ3v) is 9.33. The molecule has 0 aliphatic carbocycles. The molecule has 1 saturated heterocycles. The summed E-state index contributed by atoms with van der Waals surface area (Å²) < 4.78 is 25.6. The molecule has 36 heavy (non-hydrogen) atoms. The van der Waals surface area contributed by atoms with E-state index in [1.165, 1.54) is 5.69 Å². The summed E-state index contributed by atoms with van der Waals surface area (Å²) in [5.41, 5.74) is 6.30. The van der Waals surface area contributed by atoms with Crippen molar-refractivity contribution in [3.05, 3.63) is 53.5 Å². The van der Waals surface area contributed by atoms with Crippen LogP contribution in [0.5, 0.6) is 0 Å². The number of benzene rings is 1. The molecular formula is C27H35N5O3S. The number of rotatable bonds is 5. The van der Waals surface area contributed by atoms with Gasteiger partial charge < -0.3 is 9.80 Å². The molecule has 8 nitrogen and oxygen atoms in total. The number of hydrogen-bond donors (Lipinski definition) is 0. The van der Waals surface area contributed by atoms with Crippen molar-refractivity contribution >= 4 is 32.8 Å². The molecule has 5 rings (SSSR count). The first-order valence-electron chi connectivity index (χ1n) is 12.8. The molecule has 1 fully saturated rings. The molecule has 0 radical (unpaired) electrons. The Balaban J connectivity index is 1.38. The fourth-order valence-electron chi connectivity index (χ4n) is 5.81. The van der Waals surface area contributed by atoms with Crippen LogP contribution in [0.25, 0.3) is 5.65 Å². The average molecular weight is 510 g/mol. The van der Waals surface area contributed by atoms with Gasteiger partial charge in [-0.2, -0.15) is 5.10 Å². The molecule has 0 bridgehead atoms. The van der Waals surface area contributed by atoms with Gasteiger partial charge in [0, 0.05) is 31.3 Å². The lowest BCUT2D eigenvalue weighted by molar-refractivity contribution is -0.137. The normalized spacial score (nSPS) is 18.9. The minimum Gasteiger partial charge on any atom is -0.339 e. The molecule has 0 N–H and O–H groups in total. The molecule has 0 unspecified atom stereocenters. The molecule has 9 heteroatoms. The van der Waals surface area contributed by atoms with E-state index in [0.717, 1.165) is 47.7 Å². The fraction of sp³-hybridized carbons (Fsp3) is 0.519. The van der Waals surface area contributed by atoms with Crippen LogP contribution in [0.3, 0.4) is 0 Å². The van der Waals surface area contributed by atoms with Crippen LogP contribution in [0.4, 0.5) is 11.4 Å². The van der Waals surface area contributed by atoms with Crippen molar-refractivity contribution in [3.8, 4) is 0 Å². The van der Waals surface area contributed by atoms with Gasteiger partial charge in [-0.1, -0.05) is 26.0 Å². The predicted molar refractivity (Wildman–Crippen MR) is 141 cm³/mol. The van der Waals surface area contributed by atoms with Crippen LogP contribution in [-0.4, -0.2) is 58.9 Å². The van der Waals surface area contributed by atoms with E-state index in [9.17, 15) is 13.2 Å². The molecule has 4 heterocycles. The Bertz CT molecular complexity index is 1370. The van der Waals surface area contributed by atoms with Gasteiger partial charge in [0.05, 0.1) is 40.8 Å². The Morgan fingerprint density at radius 1 is 1.14 bits per heavy atom. The molecule has 0 spiro atoms. The highest BCUT2D eigenvalue weighted by Gasteiger charge is 2.34. The topological polar surface area (TPSA) is 87.9 Å². The standard InChI is InChI=1S/C27H35N5O3S/c1-18(2)26(30(4)27(33)21-11-14-36(34,35)15-12-21)20-7-9-22(10-8-20)31-13-5-6-23-24(31)17-28-25-16-19(3)29-32(23)25/h7-10,16-18,21,26H,5-6,11-15H2,1-4H3/t26-/m1/s1. The summed E-state index contributed by atoms with van der Waals surface area (Å²) in [4.78, 5) is 22.1. The van der Waals surface area contributed by atoms with Crippen LogP contribution in [0.15, 0.2) is 36.5 Å². The highest BCUT2D eigenvalue weighted by atomic mass is 32.2. The van der Waals surface area contributed by atoms with Gasteiger partial charge >= 0.3 is 0 Å². The molecule has 0 saturated carbocycles. The summed E-state index contributed by atoms with van der Waals surface area (Å²) in [6, 6.07) is 10.4. The Hall–Kier alpha value is -2.94. The van der Waals surface area contributed by atoms with Crippen molar-refractivity contribution in [1.29, 1.82) is 0 Å². The lowest BCUT2D eigenvalue weighted by atomic mass is 9.92. The second-order valence-corrected chi connectivity index (χ2v) is 12.9. The first-order valence-corrected chi connectivity index (χ1v) is 14.7. The Labute approximate surface area is 213 Å². The van der Waals surface area contributed by atoms with Crippen molar-refractivity contribution in [3.63, 3.8) is 0 Å². The van der Waals surface area contributed by atoms with Gasteiger partial charge in [-0.15, -0.1) is 0 Å². The summed E-state index contributed by atoms with van der Waals surface area (Å²) in [5, 5.41) is 4.65. The van der Waals surface area contributed by atoms with E-state index < -0.39 is 9.84 Å². The van der Waals surface area contributed by atoms with Crippen LogP contribution in [0.2, 0.25) is 0 Å². The zero-order chi connectivity index (χ0) is 25.6. The molecule has 1 atom stereocenters. The van der Waals surface area contributed by atoms with Gasteiger partial charge in [0.1, 0.15) is 9.84 Å². The maximum absolute atomic E-state index is 13.3. The number of amides is 1. The lowest BCUT2D eigenvalue weighted by Crippen LogP contribution is -2.41. The molecule has 1 amide bonds. The van der Waals surface area contributed by atoms with E-state index in [1.54, 1.807) is 0 Å². The highest BCUT2D eigenvalue weighted by molar-refractivity contribution is 7.91. The average Bonchev–Trinajstić information content (AvgIpc) is 3.24. The smallest absolute Gasteiger partial charge is 0.226 e. The molecule has 2 aliphatic heterocycles. The highest BCUT2D eigenvalue weighted by Crippen LogP contribution is 2.36. The number of carbonyl (C=O) groups excluding carboxylic acids is 1. The van der Waals surface area contributed by atoms with Gasteiger partial charge in [-0.3, -0.25) is 4.79 Å². The van der Waals surface area contributed by atoms with Gasteiger partial charge in [-0.25, -0.2) is 17.9 Å². The largest absolute Gasteiger partial charge is 0.339 e. The number of fused-ring (bicyclic) bond motifs is 3. The minimum atomic E-state index is -3.00. The zero-order valence-electron chi connectivity index (χ0n) is 21.5. The van der Waals surface area contributed by atoms with Gasteiger partial charge in [0.25, 0.3) is 0 Å². The Morgan fingerprint density at radius 2 is 1.83 bits per heavy atom. The van der Waals surface area contributed by atoms with Crippen molar-refractivity contribution in [2.75, 3.05) is 30.0 Å². The van der Waals surface area contributed by atoms with Crippen molar-refractivity contribution < 1.29 is 13.2 Å². The maximum atomic E-state index is 13.3. The first kappa shape index (κ1) is 24.7.